The number of pyridine rings is 1. The fourth-order valence-corrected chi connectivity index (χ4v) is 2.77. The lowest BCUT2D eigenvalue weighted by Crippen LogP contribution is -1.93. The van der Waals surface area contributed by atoms with Crippen molar-refractivity contribution in [2.75, 3.05) is 0 Å². The smallest absolute Gasteiger partial charge is 0.0715 e. The van der Waals surface area contributed by atoms with Crippen molar-refractivity contribution in [2.24, 2.45) is 0 Å². The van der Waals surface area contributed by atoms with Crippen LogP contribution < -0.4 is 0 Å². The molecule has 21 heavy (non-hydrogen) atoms. The van der Waals surface area contributed by atoms with E-state index in [-0.39, 0.29) is 0 Å². The molecule has 0 radical (unpaired) electrons. The van der Waals surface area contributed by atoms with Crippen LogP contribution in [0, 0.1) is 34.6 Å². The second kappa shape index (κ2) is 5.00. The summed E-state index contributed by atoms with van der Waals surface area (Å²) in [6, 6.07) is 13.1. The molecule has 0 fully saturated rings. The maximum Gasteiger partial charge on any atom is 0.0715 e. The number of fused-ring (bicyclic) bond motifs is 1. The van der Waals surface area contributed by atoms with E-state index in [0.29, 0.717) is 0 Å². The van der Waals surface area contributed by atoms with Gasteiger partial charge in [-0.25, -0.2) is 4.98 Å². The molecule has 2 aromatic carbocycles. The van der Waals surface area contributed by atoms with Gasteiger partial charge in [-0.2, -0.15) is 0 Å². The molecule has 106 valence electrons. The van der Waals surface area contributed by atoms with E-state index in [9.17, 15) is 0 Å². The molecule has 0 spiro atoms. The topological polar surface area (TPSA) is 12.9 Å². The van der Waals surface area contributed by atoms with Crippen molar-refractivity contribution in [1.82, 2.24) is 4.98 Å². The highest BCUT2D eigenvalue weighted by molar-refractivity contribution is 5.86. The Morgan fingerprint density at radius 1 is 0.667 bits per heavy atom. The number of aryl methyl sites for hydroxylation is 4. The van der Waals surface area contributed by atoms with E-state index in [0.717, 1.165) is 11.2 Å². The minimum Gasteiger partial charge on any atom is -0.248 e. The highest BCUT2D eigenvalue weighted by Gasteiger charge is 2.07. The van der Waals surface area contributed by atoms with Crippen molar-refractivity contribution in [3.05, 3.63) is 64.2 Å². The molecule has 0 N–H and O–H groups in total. The van der Waals surface area contributed by atoms with Gasteiger partial charge in [0.05, 0.1) is 11.2 Å². The van der Waals surface area contributed by atoms with Crippen LogP contribution in [0.5, 0.6) is 0 Å². The zero-order valence-corrected chi connectivity index (χ0v) is 13.4. The first-order chi connectivity index (χ1) is 9.97. The van der Waals surface area contributed by atoms with E-state index < -0.39 is 0 Å². The zero-order valence-electron chi connectivity index (χ0n) is 13.4. The van der Waals surface area contributed by atoms with E-state index in [1.54, 1.807) is 0 Å². The SMILES string of the molecule is Cc1ccc(-c2ccc3c(C)c(C)c(C)cc3n2)cc1C. The summed E-state index contributed by atoms with van der Waals surface area (Å²) in [4.78, 5) is 4.88. The molecule has 0 aliphatic carbocycles. The lowest BCUT2D eigenvalue weighted by atomic mass is 9.98. The minimum atomic E-state index is 1.05. The van der Waals surface area contributed by atoms with Crippen LogP contribution in [0.3, 0.4) is 0 Å². The molecule has 0 amide bonds. The Balaban J connectivity index is 2.21. The van der Waals surface area contributed by atoms with Crippen LogP contribution in [-0.2, 0) is 0 Å². The van der Waals surface area contributed by atoms with Crippen LogP contribution >= 0.6 is 0 Å². The summed E-state index contributed by atoms with van der Waals surface area (Å²) in [5.74, 6) is 0. The van der Waals surface area contributed by atoms with Crippen LogP contribution in [-0.4, -0.2) is 4.98 Å². The average molecular weight is 275 g/mol. The van der Waals surface area contributed by atoms with Crippen LogP contribution in [0.15, 0.2) is 36.4 Å². The molecule has 0 unspecified atom stereocenters. The van der Waals surface area contributed by atoms with Gasteiger partial charge in [0.1, 0.15) is 0 Å². The predicted molar refractivity (Wildman–Crippen MR) is 90.9 cm³/mol. The van der Waals surface area contributed by atoms with Crippen LogP contribution in [0.4, 0.5) is 0 Å². The van der Waals surface area contributed by atoms with E-state index in [4.69, 9.17) is 4.98 Å². The third-order valence-corrected chi connectivity index (χ3v) is 4.64. The van der Waals surface area contributed by atoms with Crippen molar-refractivity contribution in [2.45, 2.75) is 34.6 Å². The van der Waals surface area contributed by atoms with Gasteiger partial charge in [0.2, 0.25) is 0 Å². The number of hydrogen-bond donors (Lipinski definition) is 0. The van der Waals surface area contributed by atoms with Crippen molar-refractivity contribution < 1.29 is 0 Å². The summed E-state index contributed by atoms with van der Waals surface area (Å²) in [6.45, 7) is 10.8. The molecule has 1 heterocycles. The second-order valence-corrected chi connectivity index (χ2v) is 6.01. The molecule has 0 aliphatic heterocycles. The van der Waals surface area contributed by atoms with Gasteiger partial charge in [-0.05, 0) is 80.6 Å². The summed E-state index contributed by atoms with van der Waals surface area (Å²) in [5, 5.41) is 1.26. The van der Waals surface area contributed by atoms with Gasteiger partial charge in [0, 0.05) is 10.9 Å². The average Bonchev–Trinajstić information content (AvgIpc) is 2.47. The lowest BCUT2D eigenvalue weighted by Gasteiger charge is -2.11. The molecule has 0 saturated carbocycles. The number of benzene rings is 2. The molecule has 1 aromatic heterocycles. The van der Waals surface area contributed by atoms with E-state index in [1.165, 1.54) is 38.8 Å². The molecule has 0 aliphatic rings. The molecule has 1 nitrogen and oxygen atoms in total. The Morgan fingerprint density at radius 3 is 2.14 bits per heavy atom. The summed E-state index contributed by atoms with van der Waals surface area (Å²) < 4.78 is 0. The highest BCUT2D eigenvalue weighted by atomic mass is 14.7. The van der Waals surface area contributed by atoms with Gasteiger partial charge in [-0.15, -0.1) is 0 Å². The third kappa shape index (κ3) is 2.33. The molecule has 0 saturated heterocycles. The van der Waals surface area contributed by atoms with Crippen LogP contribution in [0.2, 0.25) is 0 Å². The van der Waals surface area contributed by atoms with Crippen molar-refractivity contribution in [1.29, 1.82) is 0 Å². The fourth-order valence-electron chi connectivity index (χ4n) is 2.77. The van der Waals surface area contributed by atoms with E-state index in [1.807, 2.05) is 0 Å². The normalized spacial score (nSPS) is 11.1. The molecule has 3 aromatic rings. The van der Waals surface area contributed by atoms with Gasteiger partial charge in [0.15, 0.2) is 0 Å². The summed E-state index contributed by atoms with van der Waals surface area (Å²) >= 11 is 0. The molecule has 3 rings (SSSR count). The molecular formula is C20H21N. The number of hydrogen-bond acceptors (Lipinski definition) is 1. The first kappa shape index (κ1) is 13.8. The van der Waals surface area contributed by atoms with Crippen LogP contribution in [0.1, 0.15) is 27.8 Å². The van der Waals surface area contributed by atoms with Gasteiger partial charge in [-0.1, -0.05) is 18.2 Å². The van der Waals surface area contributed by atoms with Crippen molar-refractivity contribution in [3.8, 4) is 11.3 Å². The molecular weight excluding hydrogens is 254 g/mol. The Labute approximate surface area is 126 Å². The summed E-state index contributed by atoms with van der Waals surface area (Å²) in [7, 11) is 0. The largest absolute Gasteiger partial charge is 0.248 e. The number of aromatic nitrogens is 1. The highest BCUT2D eigenvalue weighted by Crippen LogP contribution is 2.27. The fraction of sp³-hybridized carbons (Fsp3) is 0.250. The van der Waals surface area contributed by atoms with Gasteiger partial charge < -0.3 is 0 Å². The first-order valence-corrected chi connectivity index (χ1v) is 7.42. The van der Waals surface area contributed by atoms with E-state index >= 15 is 0 Å². The first-order valence-electron chi connectivity index (χ1n) is 7.42. The van der Waals surface area contributed by atoms with Gasteiger partial charge >= 0.3 is 0 Å². The van der Waals surface area contributed by atoms with Crippen molar-refractivity contribution >= 4 is 10.9 Å². The molecule has 0 atom stereocenters. The quantitative estimate of drug-likeness (QED) is 0.576. The van der Waals surface area contributed by atoms with Gasteiger partial charge in [0.25, 0.3) is 0 Å². The van der Waals surface area contributed by atoms with E-state index in [2.05, 4.69) is 71.0 Å². The maximum absolute atomic E-state index is 4.88. The van der Waals surface area contributed by atoms with Gasteiger partial charge in [-0.3, -0.25) is 0 Å². The Hall–Kier alpha value is -2.15. The Bertz CT molecular complexity index is 844. The summed E-state index contributed by atoms with van der Waals surface area (Å²) in [6.07, 6.45) is 0. The maximum atomic E-state index is 4.88. The molecule has 1 heteroatoms. The van der Waals surface area contributed by atoms with Crippen molar-refractivity contribution in [3.63, 3.8) is 0 Å². The summed E-state index contributed by atoms with van der Waals surface area (Å²) in [5.41, 5.74) is 9.97. The van der Waals surface area contributed by atoms with Crippen LogP contribution in [0.25, 0.3) is 22.2 Å². The minimum absolute atomic E-state index is 1.05. The predicted octanol–water partition coefficient (Wildman–Crippen LogP) is 5.44. The molecule has 0 bridgehead atoms. The Morgan fingerprint density at radius 2 is 1.43 bits per heavy atom. The third-order valence-electron chi connectivity index (χ3n) is 4.64. The lowest BCUT2D eigenvalue weighted by molar-refractivity contribution is 1.27. The Kier molecular flexibility index (Phi) is 3.29. The monoisotopic (exact) mass is 275 g/mol. The zero-order chi connectivity index (χ0) is 15.1. The number of nitrogens with zero attached hydrogens (tertiary/aromatic N) is 1. The number of rotatable bonds is 1. The second-order valence-electron chi connectivity index (χ2n) is 6.01. The standard InChI is InChI=1S/C20H21N/c1-12-6-7-17(10-13(12)2)19-9-8-18-16(5)15(4)14(3)11-20(18)21-19/h6-11H,1-5H3.